The van der Waals surface area contributed by atoms with E-state index in [2.05, 4.69) is 31.6 Å². The Morgan fingerprint density at radius 2 is 2.10 bits per heavy atom. The second-order valence-corrected chi connectivity index (χ2v) is 7.76. The van der Waals surface area contributed by atoms with Crippen molar-refractivity contribution < 1.29 is 14.3 Å². The highest BCUT2D eigenvalue weighted by Gasteiger charge is 2.19. The molecule has 9 heteroatoms. The van der Waals surface area contributed by atoms with Gasteiger partial charge in [0, 0.05) is 12.3 Å². The summed E-state index contributed by atoms with van der Waals surface area (Å²) in [6.45, 7) is 1.62. The van der Waals surface area contributed by atoms with Crippen LogP contribution in [0.3, 0.4) is 0 Å². The molecule has 0 aromatic carbocycles. The number of aromatic nitrogens is 2. The third-order valence-electron chi connectivity index (χ3n) is 4.30. The number of likely N-dealkylation sites (N-methyl/N-ethyl adjacent to an activating group) is 1. The summed E-state index contributed by atoms with van der Waals surface area (Å²) < 4.78 is 8.03. The molecule has 0 spiro atoms. The first-order valence-corrected chi connectivity index (χ1v) is 9.41. The van der Waals surface area contributed by atoms with Crippen molar-refractivity contribution in [3.8, 4) is 0 Å². The number of aliphatic hydroxyl groups is 1. The number of nitrogens with one attached hydrogen (secondary N) is 2. The Kier molecular flexibility index (Phi) is 6.00. The summed E-state index contributed by atoms with van der Waals surface area (Å²) in [5.41, 5.74) is 8.64. The fourth-order valence-electron chi connectivity index (χ4n) is 2.80. The van der Waals surface area contributed by atoms with E-state index in [0.29, 0.717) is 28.7 Å². The molecule has 0 saturated carbocycles. The highest BCUT2D eigenvalue weighted by Crippen LogP contribution is 2.31. The van der Waals surface area contributed by atoms with Crippen molar-refractivity contribution >= 4 is 28.4 Å². The van der Waals surface area contributed by atoms with Crippen molar-refractivity contribution in [3.63, 3.8) is 0 Å². The number of pyridine rings is 1. The lowest BCUT2D eigenvalue weighted by atomic mass is 10.1. The van der Waals surface area contributed by atoms with Gasteiger partial charge in [-0.15, -0.1) is 5.10 Å². The molecule has 0 amide bonds. The van der Waals surface area contributed by atoms with Crippen LogP contribution in [0.2, 0.25) is 0 Å². The maximum absolute atomic E-state index is 8.99. The van der Waals surface area contributed by atoms with Crippen LogP contribution in [0.5, 0.6) is 0 Å². The monoisotopic (exact) mass is 398 g/mol. The molecule has 2 heterocycles. The first kappa shape index (κ1) is 20.6. The average Bonchev–Trinajstić information content (AvgIpc) is 2.99. The van der Waals surface area contributed by atoms with E-state index in [4.69, 9.17) is 26.0 Å². The Labute approximate surface area is 169 Å². The zero-order valence-corrected chi connectivity index (χ0v) is 17.0. The number of nitrogens with zero attached hydrogens (tertiary/aromatic N) is 4. The van der Waals surface area contributed by atoms with Crippen LogP contribution < -0.4 is 11.1 Å². The van der Waals surface area contributed by atoms with Crippen LogP contribution in [0.4, 0.5) is 11.5 Å². The summed E-state index contributed by atoms with van der Waals surface area (Å²) in [5, 5.41) is 25.0. The Balaban J connectivity index is 1.99. The summed E-state index contributed by atoms with van der Waals surface area (Å²) in [5.74, 6) is 0.986. The number of allylic oxidation sites excluding steroid dienone is 2. The molecular weight excluding hydrogens is 370 g/mol. The molecule has 2 aromatic heterocycles. The molecule has 154 valence electrons. The third kappa shape index (κ3) is 5.01. The predicted octanol–water partition coefficient (Wildman–Crippen LogP) is 1.29. The summed E-state index contributed by atoms with van der Waals surface area (Å²) >= 11 is 0. The molecule has 3 rings (SSSR count). The highest BCUT2D eigenvalue weighted by molar-refractivity contribution is 6.22. The van der Waals surface area contributed by atoms with Crippen molar-refractivity contribution in [2.45, 2.75) is 0 Å². The molecule has 0 radical (unpaired) electrons. The summed E-state index contributed by atoms with van der Waals surface area (Å²) in [6, 6.07) is 5.77. The predicted molar refractivity (Wildman–Crippen MR) is 115 cm³/mol. The Morgan fingerprint density at radius 1 is 1.31 bits per heavy atom. The minimum absolute atomic E-state index is 0.101. The van der Waals surface area contributed by atoms with Gasteiger partial charge < -0.3 is 25.4 Å². The first-order chi connectivity index (χ1) is 13.8. The number of aliphatic imine (C=N–C) groups is 1. The molecular formula is C20H28N7O2+. The molecule has 0 saturated heterocycles. The normalized spacial score (nSPS) is 16.1. The number of ether oxygens (including phenoxy) is 1. The van der Waals surface area contributed by atoms with E-state index < -0.39 is 0 Å². The molecule has 0 unspecified atom stereocenters. The van der Waals surface area contributed by atoms with E-state index in [-0.39, 0.29) is 18.9 Å². The fourth-order valence-corrected chi connectivity index (χ4v) is 2.80. The van der Waals surface area contributed by atoms with Gasteiger partial charge in [0.1, 0.15) is 18.1 Å². The number of quaternary nitrogens is 1. The largest absolute Gasteiger partial charge is 0.489 e. The van der Waals surface area contributed by atoms with Crippen molar-refractivity contribution in [2.24, 2.45) is 10.7 Å². The Hall–Kier alpha value is -3.17. The lowest BCUT2D eigenvalue weighted by Crippen LogP contribution is -2.38. The second kappa shape index (κ2) is 8.46. The van der Waals surface area contributed by atoms with E-state index in [1.165, 1.54) is 6.08 Å². The highest BCUT2D eigenvalue weighted by atomic mass is 16.5. The lowest BCUT2D eigenvalue weighted by molar-refractivity contribution is -0.868. The topological polar surface area (TPSA) is 121 Å². The van der Waals surface area contributed by atoms with Crippen LogP contribution in [0, 0.1) is 5.41 Å². The summed E-state index contributed by atoms with van der Waals surface area (Å²) in [4.78, 5) is 4.75. The number of rotatable bonds is 8. The van der Waals surface area contributed by atoms with Crippen molar-refractivity contribution in [3.05, 3.63) is 48.0 Å². The number of aliphatic hydroxyl groups excluding tert-OH is 1. The minimum Gasteiger partial charge on any atom is -0.489 e. The van der Waals surface area contributed by atoms with E-state index in [1.54, 1.807) is 10.6 Å². The van der Waals surface area contributed by atoms with Crippen molar-refractivity contribution in [2.75, 3.05) is 52.8 Å². The van der Waals surface area contributed by atoms with Gasteiger partial charge >= 0.3 is 0 Å². The van der Waals surface area contributed by atoms with Crippen LogP contribution in [0.25, 0.3) is 5.52 Å². The molecule has 2 aromatic rings. The molecule has 0 bridgehead atoms. The molecule has 1 aliphatic carbocycles. The first-order valence-electron chi connectivity index (χ1n) is 9.41. The lowest BCUT2D eigenvalue weighted by Gasteiger charge is -2.23. The number of fused-ring (bicyclic) bond motifs is 1. The van der Waals surface area contributed by atoms with Gasteiger partial charge in [-0.1, -0.05) is 6.07 Å². The van der Waals surface area contributed by atoms with E-state index in [9.17, 15) is 0 Å². The molecule has 0 atom stereocenters. The van der Waals surface area contributed by atoms with E-state index in [1.807, 2.05) is 24.4 Å². The van der Waals surface area contributed by atoms with Gasteiger partial charge in [0.2, 0.25) is 0 Å². The standard InChI is InChI=1S/C20H28N7O2/c1-27(2,3)9-7-23-20-19(17-6-4-5-8-26(17)25-20)24-16-13-18(29-11-10-28)15(22)12-14(16)21/h4-6,8,12-13,22,28H,7,9-11,21H2,1-3H3,(H,23,25)/q+1. The number of nitrogens with two attached hydrogens (primary N) is 1. The zero-order chi connectivity index (χ0) is 21.0. The summed E-state index contributed by atoms with van der Waals surface area (Å²) in [7, 11) is 6.40. The second-order valence-electron chi connectivity index (χ2n) is 7.76. The molecule has 9 nitrogen and oxygen atoms in total. The average molecular weight is 398 g/mol. The molecule has 29 heavy (non-hydrogen) atoms. The Morgan fingerprint density at radius 3 is 2.83 bits per heavy atom. The van der Waals surface area contributed by atoms with E-state index >= 15 is 0 Å². The third-order valence-corrected chi connectivity index (χ3v) is 4.30. The zero-order valence-electron chi connectivity index (χ0n) is 17.0. The van der Waals surface area contributed by atoms with E-state index in [0.717, 1.165) is 23.1 Å². The molecule has 0 aliphatic heterocycles. The minimum atomic E-state index is -0.134. The van der Waals surface area contributed by atoms with Gasteiger partial charge in [-0.05, 0) is 18.2 Å². The van der Waals surface area contributed by atoms with Crippen LogP contribution in [0.15, 0.2) is 53.0 Å². The molecule has 1 aliphatic rings. The van der Waals surface area contributed by atoms with Gasteiger partial charge in [-0.2, -0.15) is 0 Å². The van der Waals surface area contributed by atoms with Crippen LogP contribution in [-0.2, 0) is 4.74 Å². The van der Waals surface area contributed by atoms with Gasteiger partial charge in [0.25, 0.3) is 0 Å². The number of hydrogen-bond acceptors (Lipinski definition) is 7. The maximum Gasteiger partial charge on any atom is 0.175 e. The summed E-state index contributed by atoms with van der Waals surface area (Å²) in [6.07, 6.45) is 4.99. The van der Waals surface area contributed by atoms with Crippen molar-refractivity contribution in [1.82, 2.24) is 9.61 Å². The van der Waals surface area contributed by atoms with Crippen LogP contribution >= 0.6 is 0 Å². The van der Waals surface area contributed by atoms with Crippen LogP contribution in [0.1, 0.15) is 0 Å². The fraction of sp³-hybridized carbons (Fsp3) is 0.350. The molecule has 0 fully saturated rings. The SMILES string of the molecule is C[N+](C)(C)CCNc1nn2ccccc2c1N=C1C=C(OCCO)C(=N)C=C1N. The van der Waals surface area contributed by atoms with Gasteiger partial charge in [0.15, 0.2) is 5.82 Å². The number of hydrogen-bond donors (Lipinski definition) is 4. The van der Waals surface area contributed by atoms with Gasteiger partial charge in [0.05, 0.1) is 63.5 Å². The molecule has 5 N–H and O–H groups in total. The van der Waals surface area contributed by atoms with Crippen LogP contribution in [-0.4, -0.2) is 78.1 Å². The smallest absolute Gasteiger partial charge is 0.175 e. The number of anilines is 1. The van der Waals surface area contributed by atoms with Gasteiger partial charge in [-0.3, -0.25) is 5.41 Å². The van der Waals surface area contributed by atoms with Gasteiger partial charge in [-0.25, -0.2) is 9.51 Å². The Bertz CT molecular complexity index is 996. The maximum atomic E-state index is 8.99. The van der Waals surface area contributed by atoms with Crippen molar-refractivity contribution in [1.29, 1.82) is 5.41 Å². The quantitative estimate of drug-likeness (QED) is 0.394.